The lowest BCUT2D eigenvalue weighted by Crippen LogP contribution is -2.67. The van der Waals surface area contributed by atoms with Gasteiger partial charge in [-0.1, -0.05) is 27.7 Å². The van der Waals surface area contributed by atoms with E-state index in [9.17, 15) is 9.59 Å². The maximum absolute atomic E-state index is 12.9. The van der Waals surface area contributed by atoms with E-state index in [1.807, 2.05) is 4.90 Å². The third-order valence-corrected chi connectivity index (χ3v) is 14.8. The van der Waals surface area contributed by atoms with Crippen LogP contribution in [0.2, 0.25) is 0 Å². The lowest BCUT2D eigenvalue weighted by Gasteiger charge is -2.61. The molecule has 8 fully saturated rings. The second kappa shape index (κ2) is 9.66. The van der Waals surface area contributed by atoms with Crippen molar-refractivity contribution < 1.29 is 23.8 Å². The maximum Gasteiger partial charge on any atom is 0.232 e. The van der Waals surface area contributed by atoms with E-state index in [1.165, 1.54) is 44.9 Å². The van der Waals surface area contributed by atoms with E-state index in [1.54, 1.807) is 0 Å². The average Bonchev–Trinajstić information content (AvgIpc) is 3.34. The van der Waals surface area contributed by atoms with Gasteiger partial charge in [0.25, 0.3) is 0 Å². The number of carbonyl (C=O) groups excluding carboxylic acids is 2. The highest BCUT2D eigenvalue weighted by Crippen LogP contribution is 2.71. The molecule has 4 saturated heterocycles. The monoisotopic (exact) mass is 582 g/mol. The van der Waals surface area contributed by atoms with Crippen molar-refractivity contribution in [3.05, 3.63) is 0 Å². The molecule has 0 aromatic rings. The second-order valence-electron chi connectivity index (χ2n) is 17.1. The number of amides is 2. The summed E-state index contributed by atoms with van der Waals surface area (Å²) < 4.78 is 18.8. The Kier molecular flexibility index (Phi) is 6.51. The Balaban J connectivity index is 0.890. The first-order valence-corrected chi connectivity index (χ1v) is 17.5. The van der Waals surface area contributed by atoms with E-state index >= 15 is 0 Å². The number of carbonyl (C=O) groups is 2. The van der Waals surface area contributed by atoms with Crippen molar-refractivity contribution in [1.82, 2.24) is 10.2 Å². The van der Waals surface area contributed by atoms with Gasteiger partial charge in [-0.15, -0.1) is 0 Å². The van der Waals surface area contributed by atoms with Crippen molar-refractivity contribution in [2.45, 2.75) is 116 Å². The number of likely N-dealkylation sites (tertiary alicyclic amines) is 1. The molecule has 1 N–H and O–H groups in total. The molecule has 0 aromatic carbocycles. The highest BCUT2D eigenvalue weighted by atomic mass is 16.7. The quantitative estimate of drug-likeness (QED) is 0.465. The third kappa shape index (κ3) is 4.07. The normalized spacial score (nSPS) is 52.0. The van der Waals surface area contributed by atoms with Gasteiger partial charge in [0.2, 0.25) is 11.8 Å². The fourth-order valence-corrected chi connectivity index (χ4v) is 12.4. The molecule has 2 amide bonds. The van der Waals surface area contributed by atoms with Gasteiger partial charge in [0.05, 0.1) is 31.3 Å². The summed E-state index contributed by atoms with van der Waals surface area (Å²) in [5.74, 6) is 4.35. The van der Waals surface area contributed by atoms with E-state index < -0.39 is 0 Å². The SMILES string of the molecule is C[C@H]1CC[C@@]2(OC1)O[C@H]1C[C@H]3[C@@H]4CC[C@@H]5C[C@@H](NC(=O)CC(=O)N6CC7(COC7)C6)CC[C@]5(C)[C@H]4CC[C@]3(C)[C@H]1[C@@H]2C. The summed E-state index contributed by atoms with van der Waals surface area (Å²) in [5.41, 5.74) is 0.929. The van der Waals surface area contributed by atoms with Crippen LogP contribution in [0.5, 0.6) is 0 Å². The van der Waals surface area contributed by atoms with Gasteiger partial charge in [-0.2, -0.15) is 0 Å². The highest BCUT2D eigenvalue weighted by Gasteiger charge is 2.69. The van der Waals surface area contributed by atoms with Crippen LogP contribution in [-0.2, 0) is 23.8 Å². The fourth-order valence-electron chi connectivity index (χ4n) is 12.4. The summed E-state index contributed by atoms with van der Waals surface area (Å²) in [6.07, 6.45) is 12.5. The van der Waals surface area contributed by atoms with Crippen LogP contribution < -0.4 is 5.32 Å². The van der Waals surface area contributed by atoms with E-state index in [0.29, 0.717) is 40.6 Å². The van der Waals surface area contributed by atoms with Gasteiger partial charge in [0.1, 0.15) is 6.42 Å². The van der Waals surface area contributed by atoms with E-state index in [4.69, 9.17) is 14.2 Å². The second-order valence-corrected chi connectivity index (χ2v) is 17.1. The Hall–Kier alpha value is -1.18. The first kappa shape index (κ1) is 28.3. The molecule has 7 heteroatoms. The van der Waals surface area contributed by atoms with Crippen molar-refractivity contribution in [3.63, 3.8) is 0 Å². The lowest BCUT2D eigenvalue weighted by molar-refractivity contribution is -0.273. The lowest BCUT2D eigenvalue weighted by atomic mass is 9.44. The van der Waals surface area contributed by atoms with Gasteiger partial charge in [-0.3, -0.25) is 9.59 Å². The van der Waals surface area contributed by atoms with Crippen LogP contribution in [0, 0.1) is 57.7 Å². The number of nitrogens with zero attached hydrogens (tertiary/aromatic N) is 1. The van der Waals surface area contributed by atoms with Crippen LogP contribution in [0.1, 0.15) is 98.3 Å². The number of hydrogen-bond donors (Lipinski definition) is 1. The van der Waals surface area contributed by atoms with E-state index in [2.05, 4.69) is 33.0 Å². The Morgan fingerprint density at radius 3 is 2.40 bits per heavy atom. The topological polar surface area (TPSA) is 77.1 Å². The molecule has 7 nitrogen and oxygen atoms in total. The Labute approximate surface area is 252 Å². The smallest absolute Gasteiger partial charge is 0.232 e. The van der Waals surface area contributed by atoms with Crippen LogP contribution in [0.15, 0.2) is 0 Å². The summed E-state index contributed by atoms with van der Waals surface area (Å²) in [7, 11) is 0. The Bertz CT molecular complexity index is 1110. The van der Waals surface area contributed by atoms with Crippen molar-refractivity contribution in [2.75, 3.05) is 32.9 Å². The van der Waals surface area contributed by atoms with Crippen molar-refractivity contribution >= 4 is 11.8 Å². The van der Waals surface area contributed by atoms with Gasteiger partial charge in [-0.05, 0) is 104 Å². The molecule has 2 spiro atoms. The molecule has 0 aromatic heterocycles. The molecule has 8 rings (SSSR count). The first-order chi connectivity index (χ1) is 20.0. The predicted octanol–water partition coefficient (Wildman–Crippen LogP) is 5.17. The molecule has 4 saturated carbocycles. The number of nitrogens with one attached hydrogen (secondary N) is 1. The maximum atomic E-state index is 12.9. The number of rotatable bonds is 3. The molecule has 0 radical (unpaired) electrons. The molecule has 42 heavy (non-hydrogen) atoms. The van der Waals surface area contributed by atoms with Crippen molar-refractivity contribution in [1.29, 1.82) is 0 Å². The summed E-state index contributed by atoms with van der Waals surface area (Å²) in [5, 5.41) is 3.29. The zero-order valence-corrected chi connectivity index (χ0v) is 26.5. The molecule has 0 unspecified atom stereocenters. The summed E-state index contributed by atoms with van der Waals surface area (Å²) in [6, 6.07) is 0.214. The van der Waals surface area contributed by atoms with Gasteiger partial charge in [0, 0.05) is 31.5 Å². The summed E-state index contributed by atoms with van der Waals surface area (Å²) in [6.45, 7) is 13.9. The zero-order valence-electron chi connectivity index (χ0n) is 26.5. The van der Waals surface area contributed by atoms with E-state index in [0.717, 1.165) is 69.9 Å². The predicted molar refractivity (Wildman–Crippen MR) is 158 cm³/mol. The minimum atomic E-state index is -0.327. The minimum Gasteiger partial charge on any atom is -0.380 e. The molecular weight excluding hydrogens is 528 g/mol. The molecule has 12 atom stereocenters. The van der Waals surface area contributed by atoms with Crippen molar-refractivity contribution in [2.24, 2.45) is 57.7 Å². The van der Waals surface area contributed by atoms with Gasteiger partial charge < -0.3 is 24.4 Å². The van der Waals surface area contributed by atoms with Crippen LogP contribution >= 0.6 is 0 Å². The molecule has 0 bridgehead atoms. The zero-order chi connectivity index (χ0) is 29.1. The van der Waals surface area contributed by atoms with Crippen LogP contribution in [-0.4, -0.2) is 67.6 Å². The van der Waals surface area contributed by atoms with Crippen LogP contribution in [0.3, 0.4) is 0 Å². The standard InChI is InChI=1S/C35H54N2O5/c1-21-7-12-35(41-16-21)22(2)31-28(42-35)14-27-25-6-5-23-13-24(8-10-32(23,3)26(25)9-11-33(27,31)4)36-29(38)15-30(39)37-17-34(18-37)19-40-20-34/h21-28,31H,5-20H2,1-4H3,(H,36,38)/t21-,22-,23+,24-,25+,26-,27-,28-,31-,32-,33-,35+/m0/s1. The van der Waals surface area contributed by atoms with E-state index in [-0.39, 0.29) is 35.5 Å². The molecule has 4 aliphatic carbocycles. The third-order valence-electron chi connectivity index (χ3n) is 14.8. The van der Waals surface area contributed by atoms with Gasteiger partial charge in [0.15, 0.2) is 5.79 Å². The Morgan fingerprint density at radius 2 is 1.69 bits per heavy atom. The molecule has 8 aliphatic rings. The molecule has 234 valence electrons. The summed E-state index contributed by atoms with van der Waals surface area (Å²) >= 11 is 0. The molecular formula is C35H54N2O5. The first-order valence-electron chi connectivity index (χ1n) is 17.5. The molecule has 4 heterocycles. The van der Waals surface area contributed by atoms with Crippen molar-refractivity contribution in [3.8, 4) is 0 Å². The Morgan fingerprint density at radius 1 is 0.905 bits per heavy atom. The fraction of sp³-hybridized carbons (Fsp3) is 0.943. The summed E-state index contributed by atoms with van der Waals surface area (Å²) in [4.78, 5) is 27.4. The minimum absolute atomic E-state index is 0.00544. The number of ether oxygens (including phenoxy) is 3. The van der Waals surface area contributed by atoms with Crippen LogP contribution in [0.25, 0.3) is 0 Å². The number of fused-ring (bicyclic) bond motifs is 7. The van der Waals surface area contributed by atoms with Gasteiger partial charge in [-0.25, -0.2) is 0 Å². The van der Waals surface area contributed by atoms with Crippen LogP contribution in [0.4, 0.5) is 0 Å². The van der Waals surface area contributed by atoms with Gasteiger partial charge >= 0.3 is 0 Å². The molecule has 4 aliphatic heterocycles. The largest absolute Gasteiger partial charge is 0.380 e. The number of hydrogen-bond acceptors (Lipinski definition) is 5. The average molecular weight is 583 g/mol. The highest BCUT2D eigenvalue weighted by molar-refractivity contribution is 5.97.